The fourth-order valence-electron chi connectivity index (χ4n) is 5.96. The van der Waals surface area contributed by atoms with E-state index in [-0.39, 0.29) is 29.6 Å². The van der Waals surface area contributed by atoms with Gasteiger partial charge in [0, 0.05) is 67.3 Å². The van der Waals surface area contributed by atoms with Gasteiger partial charge in [-0.1, -0.05) is 6.07 Å². The third-order valence-electron chi connectivity index (χ3n) is 8.52. The molecule has 2 atom stereocenters. The normalized spacial score (nSPS) is 19.2. The van der Waals surface area contributed by atoms with Crippen molar-refractivity contribution in [2.24, 2.45) is 18.6 Å². The maximum Gasteiger partial charge on any atom is 0.416 e. The van der Waals surface area contributed by atoms with Gasteiger partial charge in [-0.3, -0.25) is 19.4 Å². The molecule has 0 aliphatic carbocycles. The Morgan fingerprint density at radius 3 is 2.51 bits per heavy atom. The molecule has 2 aliphatic heterocycles. The second-order valence-corrected chi connectivity index (χ2v) is 11.3. The number of nitrogens with zero attached hydrogens (tertiary/aromatic N) is 5. The molecule has 3 heterocycles. The van der Waals surface area contributed by atoms with E-state index in [2.05, 4.69) is 27.3 Å². The molecule has 0 spiro atoms. The Morgan fingerprint density at radius 2 is 1.93 bits per heavy atom. The van der Waals surface area contributed by atoms with Gasteiger partial charge in [-0.25, -0.2) is 5.84 Å². The number of carbonyl (C=O) groups is 1. The van der Waals surface area contributed by atoms with E-state index in [1.165, 1.54) is 18.3 Å². The van der Waals surface area contributed by atoms with Crippen molar-refractivity contribution in [2.45, 2.75) is 45.1 Å². The molecule has 0 radical (unpaired) electrons. The Kier molecular flexibility index (Phi) is 8.16. The summed E-state index contributed by atoms with van der Waals surface area (Å²) in [6.45, 7) is 5.61. The first-order chi connectivity index (χ1) is 20.3. The summed E-state index contributed by atoms with van der Waals surface area (Å²) in [4.78, 5) is 17.9. The SMILES string of the molecule is COc1c(CN2CC3CC2CN3C)cc(C(F)(F)F)cc1NC(=O)c1ccc(C)c(N(N)/C=C(\N)c2cnn(C)c2C)c1. The minimum atomic E-state index is -4.61. The molecule has 1 amide bonds. The molecule has 13 heteroatoms. The number of likely N-dealkylation sites (tertiary alicyclic amines) is 2. The molecule has 5 rings (SSSR count). The number of hydrogen-bond acceptors (Lipinski definition) is 8. The highest BCUT2D eigenvalue weighted by atomic mass is 19.4. The van der Waals surface area contributed by atoms with Gasteiger partial charge in [0.25, 0.3) is 5.91 Å². The van der Waals surface area contributed by atoms with Gasteiger partial charge in [0.05, 0.1) is 35.9 Å². The van der Waals surface area contributed by atoms with Crippen LogP contribution in [-0.2, 0) is 19.8 Å². The molecule has 2 bridgehead atoms. The average molecular weight is 599 g/mol. The average Bonchev–Trinajstić information content (AvgIpc) is 3.61. The highest BCUT2D eigenvalue weighted by Gasteiger charge is 2.42. The summed E-state index contributed by atoms with van der Waals surface area (Å²) in [5.41, 5.74) is 9.12. The third kappa shape index (κ3) is 6.05. The molecule has 43 heavy (non-hydrogen) atoms. The van der Waals surface area contributed by atoms with E-state index in [1.807, 2.05) is 13.8 Å². The highest BCUT2D eigenvalue weighted by molar-refractivity contribution is 6.06. The second-order valence-electron chi connectivity index (χ2n) is 11.3. The van der Waals surface area contributed by atoms with E-state index < -0.39 is 17.6 Å². The van der Waals surface area contributed by atoms with Crippen LogP contribution in [0.15, 0.2) is 42.7 Å². The van der Waals surface area contributed by atoms with Gasteiger partial charge in [-0.05, 0) is 57.1 Å². The number of alkyl halides is 3. The first-order valence-electron chi connectivity index (χ1n) is 13.9. The van der Waals surface area contributed by atoms with Crippen LogP contribution >= 0.6 is 0 Å². The van der Waals surface area contributed by atoms with E-state index in [9.17, 15) is 18.0 Å². The van der Waals surface area contributed by atoms with E-state index >= 15 is 0 Å². The number of hydrogen-bond donors (Lipinski definition) is 3. The van der Waals surface area contributed by atoms with Gasteiger partial charge in [0.2, 0.25) is 0 Å². The quantitative estimate of drug-likeness (QED) is 0.265. The van der Waals surface area contributed by atoms with Crippen molar-refractivity contribution in [2.75, 3.05) is 37.6 Å². The Labute approximate surface area is 248 Å². The summed E-state index contributed by atoms with van der Waals surface area (Å²) >= 11 is 0. The number of benzene rings is 2. The number of nitrogens with one attached hydrogen (secondary N) is 1. The largest absolute Gasteiger partial charge is 0.494 e. The van der Waals surface area contributed by atoms with Gasteiger partial charge in [0.15, 0.2) is 0 Å². The first-order valence-corrected chi connectivity index (χ1v) is 13.9. The Hall–Kier alpha value is -4.07. The number of hydrazine groups is 1. The number of halogens is 3. The van der Waals surface area contributed by atoms with Crippen molar-refractivity contribution >= 4 is 23.0 Å². The molecular formula is C30H37F3N8O2. The summed E-state index contributed by atoms with van der Waals surface area (Å²) in [5, 5.41) is 8.15. The van der Waals surface area contributed by atoms with Gasteiger partial charge in [0.1, 0.15) is 5.75 Å². The lowest BCUT2D eigenvalue weighted by Gasteiger charge is -2.32. The number of carbonyl (C=O) groups excluding carboxylic acids is 1. The summed E-state index contributed by atoms with van der Waals surface area (Å²) in [6, 6.07) is 7.52. The number of rotatable bonds is 8. The van der Waals surface area contributed by atoms with Crippen molar-refractivity contribution < 1.29 is 22.7 Å². The molecule has 2 saturated heterocycles. The van der Waals surface area contributed by atoms with E-state index in [0.717, 1.165) is 42.9 Å². The van der Waals surface area contributed by atoms with Crippen LogP contribution in [-0.4, -0.2) is 64.8 Å². The third-order valence-corrected chi connectivity index (χ3v) is 8.52. The van der Waals surface area contributed by atoms with Crippen LogP contribution in [0.5, 0.6) is 5.75 Å². The van der Waals surface area contributed by atoms with Gasteiger partial charge >= 0.3 is 6.18 Å². The topological polar surface area (TPSA) is 118 Å². The van der Waals surface area contributed by atoms with Crippen molar-refractivity contribution in [1.29, 1.82) is 0 Å². The Morgan fingerprint density at radius 1 is 1.19 bits per heavy atom. The number of methoxy groups -OCH3 is 1. The van der Waals surface area contributed by atoms with Crippen LogP contribution in [0, 0.1) is 13.8 Å². The summed E-state index contributed by atoms with van der Waals surface area (Å²) in [7, 11) is 5.26. The zero-order chi connectivity index (χ0) is 31.2. The monoisotopic (exact) mass is 598 g/mol. The molecular weight excluding hydrogens is 561 g/mol. The van der Waals surface area contributed by atoms with Crippen molar-refractivity contribution in [3.8, 4) is 5.75 Å². The molecule has 2 fully saturated rings. The number of piperazine rings is 1. The zero-order valence-corrected chi connectivity index (χ0v) is 24.9. The van der Waals surface area contributed by atoms with Crippen LogP contribution in [0.1, 0.15) is 44.7 Å². The molecule has 5 N–H and O–H groups in total. The van der Waals surface area contributed by atoms with Crippen molar-refractivity contribution in [1.82, 2.24) is 19.6 Å². The lowest BCUT2D eigenvalue weighted by Crippen LogP contribution is -2.44. The molecule has 2 aromatic carbocycles. The first kappa shape index (κ1) is 30.4. The molecule has 1 aromatic heterocycles. The predicted octanol–water partition coefficient (Wildman–Crippen LogP) is 3.84. The minimum absolute atomic E-state index is 0.0540. The fourth-order valence-corrected chi connectivity index (χ4v) is 5.96. The number of anilines is 2. The zero-order valence-electron chi connectivity index (χ0n) is 24.9. The van der Waals surface area contributed by atoms with E-state index in [0.29, 0.717) is 28.6 Å². The molecule has 2 unspecified atom stereocenters. The maximum absolute atomic E-state index is 14.0. The predicted molar refractivity (Wildman–Crippen MR) is 159 cm³/mol. The van der Waals surface area contributed by atoms with E-state index in [1.54, 1.807) is 36.1 Å². The van der Waals surface area contributed by atoms with E-state index in [4.69, 9.17) is 16.3 Å². The number of aryl methyl sites for hydroxylation is 2. The summed E-state index contributed by atoms with van der Waals surface area (Å²) in [6.07, 6.45) is -0.466. The Bertz CT molecular complexity index is 1570. The number of fused-ring (bicyclic) bond motifs is 2. The van der Waals surface area contributed by atoms with Crippen LogP contribution in [0.2, 0.25) is 0 Å². The molecule has 10 nitrogen and oxygen atoms in total. The van der Waals surface area contributed by atoms with Gasteiger partial charge < -0.3 is 20.7 Å². The fraction of sp³-hybridized carbons (Fsp3) is 0.400. The number of ether oxygens (including phenoxy) is 1. The maximum atomic E-state index is 14.0. The van der Waals surface area contributed by atoms with Crippen LogP contribution < -0.4 is 26.6 Å². The highest BCUT2D eigenvalue weighted by Crippen LogP contribution is 2.40. The van der Waals surface area contributed by atoms with Gasteiger partial charge in [-0.15, -0.1) is 0 Å². The van der Waals surface area contributed by atoms with Crippen molar-refractivity contribution in [3.05, 3.63) is 76.2 Å². The van der Waals surface area contributed by atoms with Crippen LogP contribution in [0.4, 0.5) is 24.5 Å². The lowest BCUT2D eigenvalue weighted by molar-refractivity contribution is -0.137. The number of aromatic nitrogens is 2. The number of nitrogens with two attached hydrogens (primary N) is 2. The minimum Gasteiger partial charge on any atom is -0.494 e. The summed E-state index contributed by atoms with van der Waals surface area (Å²) < 4.78 is 49.2. The number of amides is 1. The smallest absolute Gasteiger partial charge is 0.416 e. The van der Waals surface area contributed by atoms with Crippen molar-refractivity contribution in [3.63, 3.8) is 0 Å². The lowest BCUT2D eigenvalue weighted by atomic mass is 10.0. The molecule has 230 valence electrons. The Balaban J connectivity index is 1.43. The van der Waals surface area contributed by atoms with Gasteiger partial charge in [-0.2, -0.15) is 18.3 Å². The van der Waals surface area contributed by atoms with Crippen LogP contribution in [0.3, 0.4) is 0 Å². The molecule has 3 aromatic rings. The number of likely N-dealkylation sites (N-methyl/N-ethyl adjacent to an activating group) is 1. The van der Waals surface area contributed by atoms with Crippen LogP contribution in [0.25, 0.3) is 5.70 Å². The standard InChI is InChI=1S/C30H37F3N8O2/c1-17-6-7-19(9-27(17)41(35)16-25(34)24-12-36-39(4)18(24)2)29(42)37-26-10-21(30(31,32)33)8-20(28(26)43-5)13-40-15-22-11-23(40)14-38(22)3/h6-10,12,16,22-23H,11,13-15,34-35H2,1-5H3,(H,37,42)/b25-16-. The molecule has 2 aliphatic rings. The summed E-state index contributed by atoms with van der Waals surface area (Å²) in [5.74, 6) is 5.91. The second kappa shape index (κ2) is 11.5. The molecule has 0 saturated carbocycles.